The van der Waals surface area contributed by atoms with Gasteiger partial charge < -0.3 is 0 Å². The number of benzene rings is 1. The van der Waals surface area contributed by atoms with Crippen LogP contribution >= 0.6 is 27.3 Å². The van der Waals surface area contributed by atoms with Crippen molar-refractivity contribution in [2.75, 3.05) is 0 Å². The Morgan fingerprint density at radius 1 is 1.19 bits per heavy atom. The van der Waals surface area contributed by atoms with E-state index in [-0.39, 0.29) is 6.04 Å². The standard InChI is InChI=1S/C15H18BrNO2S2/c1-3-12(2)17(11-13-7-5-4-6-8-13)21(18,19)15-10-9-14(16)20-15/h4-10,12H,3,11H2,1-2H3. The Balaban J connectivity index is 2.36. The first-order chi connectivity index (χ1) is 9.95. The lowest BCUT2D eigenvalue weighted by Crippen LogP contribution is -2.37. The number of halogens is 1. The lowest BCUT2D eigenvalue weighted by molar-refractivity contribution is 0.323. The van der Waals surface area contributed by atoms with Crippen LogP contribution in [0, 0.1) is 0 Å². The molecule has 0 fully saturated rings. The van der Waals surface area contributed by atoms with Gasteiger partial charge >= 0.3 is 0 Å². The van der Waals surface area contributed by atoms with E-state index in [2.05, 4.69) is 15.9 Å². The van der Waals surface area contributed by atoms with E-state index in [1.807, 2.05) is 44.2 Å². The van der Waals surface area contributed by atoms with Crippen LogP contribution in [0.1, 0.15) is 25.8 Å². The molecular weight excluding hydrogens is 370 g/mol. The summed E-state index contributed by atoms with van der Waals surface area (Å²) in [5, 5.41) is 0. The van der Waals surface area contributed by atoms with Crippen LogP contribution in [0.15, 0.2) is 50.5 Å². The lowest BCUT2D eigenvalue weighted by Gasteiger charge is -2.27. The van der Waals surface area contributed by atoms with Gasteiger partial charge in [-0.15, -0.1) is 11.3 Å². The first-order valence-corrected chi connectivity index (χ1v) is 9.81. The van der Waals surface area contributed by atoms with Crippen molar-refractivity contribution in [2.45, 2.75) is 37.1 Å². The van der Waals surface area contributed by atoms with Gasteiger partial charge in [0.25, 0.3) is 10.0 Å². The molecule has 0 N–H and O–H groups in total. The Labute approximate surface area is 138 Å². The molecule has 1 atom stereocenters. The third-order valence-corrected chi connectivity index (χ3v) is 7.43. The average Bonchev–Trinajstić information content (AvgIpc) is 2.92. The summed E-state index contributed by atoms with van der Waals surface area (Å²) >= 11 is 4.58. The SMILES string of the molecule is CCC(C)N(Cc1ccccc1)S(=O)(=O)c1ccc(Br)s1. The predicted molar refractivity (Wildman–Crippen MR) is 90.9 cm³/mol. The highest BCUT2D eigenvalue weighted by Gasteiger charge is 2.29. The first-order valence-electron chi connectivity index (χ1n) is 6.76. The van der Waals surface area contributed by atoms with E-state index in [4.69, 9.17) is 0 Å². The maximum atomic E-state index is 12.9. The fraction of sp³-hybridized carbons (Fsp3) is 0.333. The second kappa shape index (κ2) is 7.05. The van der Waals surface area contributed by atoms with Gasteiger partial charge in [0.2, 0.25) is 0 Å². The van der Waals surface area contributed by atoms with Gasteiger partial charge in [0.1, 0.15) is 4.21 Å². The second-order valence-corrected chi connectivity index (χ2v) is 9.43. The topological polar surface area (TPSA) is 37.4 Å². The molecule has 1 aromatic carbocycles. The molecule has 0 spiro atoms. The Bertz CT molecular complexity index is 683. The van der Waals surface area contributed by atoms with Gasteiger partial charge in [-0.25, -0.2) is 8.42 Å². The Morgan fingerprint density at radius 2 is 1.86 bits per heavy atom. The zero-order valence-corrected chi connectivity index (χ0v) is 15.2. The number of hydrogen-bond acceptors (Lipinski definition) is 3. The fourth-order valence-electron chi connectivity index (χ4n) is 2.00. The van der Waals surface area contributed by atoms with Crippen LogP contribution < -0.4 is 0 Å². The molecule has 0 aliphatic carbocycles. The fourth-order valence-corrected chi connectivity index (χ4v) is 5.83. The molecule has 0 saturated heterocycles. The molecule has 2 rings (SSSR count). The highest BCUT2D eigenvalue weighted by Crippen LogP contribution is 2.30. The van der Waals surface area contributed by atoms with E-state index >= 15 is 0 Å². The number of nitrogens with zero attached hydrogens (tertiary/aromatic N) is 1. The first kappa shape index (κ1) is 16.7. The van der Waals surface area contributed by atoms with E-state index in [0.29, 0.717) is 10.8 Å². The molecule has 6 heteroatoms. The average molecular weight is 388 g/mol. The van der Waals surface area contributed by atoms with Crippen molar-refractivity contribution in [1.29, 1.82) is 0 Å². The molecule has 0 saturated carbocycles. The molecule has 0 aliphatic rings. The van der Waals surface area contributed by atoms with Crippen molar-refractivity contribution in [3.05, 3.63) is 51.8 Å². The zero-order chi connectivity index (χ0) is 15.5. The number of rotatable bonds is 6. The molecule has 21 heavy (non-hydrogen) atoms. The summed E-state index contributed by atoms with van der Waals surface area (Å²) in [4.78, 5) is 0. The summed E-state index contributed by atoms with van der Waals surface area (Å²) in [6.45, 7) is 4.35. The van der Waals surface area contributed by atoms with Gasteiger partial charge in [-0.05, 0) is 47.0 Å². The Morgan fingerprint density at radius 3 is 2.38 bits per heavy atom. The lowest BCUT2D eigenvalue weighted by atomic mass is 10.2. The van der Waals surface area contributed by atoms with Crippen LogP contribution in [-0.2, 0) is 16.6 Å². The third kappa shape index (κ3) is 3.94. The largest absolute Gasteiger partial charge is 0.253 e. The van der Waals surface area contributed by atoms with Crippen LogP contribution in [0.25, 0.3) is 0 Å². The Kier molecular flexibility index (Phi) is 5.60. The molecule has 0 amide bonds. The minimum atomic E-state index is -3.47. The molecule has 0 bridgehead atoms. The van der Waals surface area contributed by atoms with Crippen molar-refractivity contribution in [3.8, 4) is 0 Å². The highest BCUT2D eigenvalue weighted by atomic mass is 79.9. The number of thiophene rings is 1. The van der Waals surface area contributed by atoms with Crippen LogP contribution in [0.5, 0.6) is 0 Å². The molecule has 1 aromatic heterocycles. The monoisotopic (exact) mass is 387 g/mol. The zero-order valence-electron chi connectivity index (χ0n) is 12.0. The van der Waals surface area contributed by atoms with Crippen LogP contribution in [0.4, 0.5) is 0 Å². The third-order valence-electron chi connectivity index (χ3n) is 3.38. The van der Waals surface area contributed by atoms with Crippen LogP contribution in [-0.4, -0.2) is 18.8 Å². The van der Waals surface area contributed by atoms with E-state index in [1.54, 1.807) is 16.4 Å². The van der Waals surface area contributed by atoms with Crippen molar-refractivity contribution in [2.24, 2.45) is 0 Å². The summed E-state index contributed by atoms with van der Waals surface area (Å²) in [5.74, 6) is 0. The van der Waals surface area contributed by atoms with Gasteiger partial charge in [0.15, 0.2) is 0 Å². The van der Waals surface area contributed by atoms with Gasteiger partial charge in [-0.3, -0.25) is 0 Å². The van der Waals surface area contributed by atoms with Crippen molar-refractivity contribution < 1.29 is 8.42 Å². The molecule has 0 aliphatic heterocycles. The Hall–Kier alpha value is -0.690. The number of sulfonamides is 1. The van der Waals surface area contributed by atoms with E-state index < -0.39 is 10.0 Å². The summed E-state index contributed by atoms with van der Waals surface area (Å²) in [7, 11) is -3.47. The van der Waals surface area contributed by atoms with Crippen molar-refractivity contribution in [3.63, 3.8) is 0 Å². The van der Waals surface area contributed by atoms with Crippen molar-refractivity contribution >= 4 is 37.3 Å². The maximum absolute atomic E-state index is 12.9. The molecule has 0 radical (unpaired) electrons. The van der Waals surface area contributed by atoms with Crippen LogP contribution in [0.2, 0.25) is 0 Å². The van der Waals surface area contributed by atoms with E-state index in [0.717, 1.165) is 15.8 Å². The normalized spacial score (nSPS) is 13.5. The maximum Gasteiger partial charge on any atom is 0.253 e. The summed E-state index contributed by atoms with van der Waals surface area (Å²) in [5.41, 5.74) is 0.997. The molecular formula is C15H18BrNO2S2. The molecule has 114 valence electrons. The minimum absolute atomic E-state index is 0.0453. The van der Waals surface area contributed by atoms with E-state index in [9.17, 15) is 8.42 Å². The van der Waals surface area contributed by atoms with Gasteiger partial charge in [-0.1, -0.05) is 37.3 Å². The molecule has 2 aromatic rings. The molecule has 1 heterocycles. The quantitative estimate of drug-likeness (QED) is 0.731. The highest BCUT2D eigenvalue weighted by molar-refractivity contribution is 9.11. The summed E-state index contributed by atoms with van der Waals surface area (Å²) in [6, 6.07) is 13.1. The predicted octanol–water partition coefficient (Wildman–Crippen LogP) is 4.50. The van der Waals surface area contributed by atoms with Gasteiger partial charge in [-0.2, -0.15) is 4.31 Å². The van der Waals surface area contributed by atoms with Gasteiger partial charge in [0, 0.05) is 12.6 Å². The van der Waals surface area contributed by atoms with Gasteiger partial charge in [0.05, 0.1) is 3.79 Å². The van der Waals surface area contributed by atoms with E-state index in [1.165, 1.54) is 11.3 Å². The molecule has 1 unspecified atom stereocenters. The van der Waals surface area contributed by atoms with Crippen molar-refractivity contribution in [1.82, 2.24) is 4.31 Å². The smallest absolute Gasteiger partial charge is 0.206 e. The number of hydrogen-bond donors (Lipinski definition) is 0. The minimum Gasteiger partial charge on any atom is -0.206 e. The summed E-state index contributed by atoms with van der Waals surface area (Å²) < 4.78 is 28.5. The second-order valence-electron chi connectivity index (χ2n) is 4.85. The van der Waals surface area contributed by atoms with Crippen LogP contribution in [0.3, 0.4) is 0 Å². The summed E-state index contributed by atoms with van der Waals surface area (Å²) in [6.07, 6.45) is 0.776. The molecule has 3 nitrogen and oxygen atoms in total.